The van der Waals surface area contributed by atoms with Crippen molar-refractivity contribution >= 4 is 17.5 Å². The lowest BCUT2D eigenvalue weighted by Gasteiger charge is -2.29. The molecule has 9 nitrogen and oxygen atoms in total. The molecule has 0 aromatic heterocycles. The summed E-state index contributed by atoms with van der Waals surface area (Å²) in [5.41, 5.74) is 0.635. The minimum Gasteiger partial charge on any atom is -0.356 e. The van der Waals surface area contributed by atoms with E-state index in [1.807, 2.05) is 0 Å². The molecule has 2 aromatic rings. The molecule has 2 amide bonds. The van der Waals surface area contributed by atoms with E-state index in [9.17, 15) is 19.7 Å². The van der Waals surface area contributed by atoms with E-state index in [1.54, 1.807) is 36.4 Å². The Kier molecular flexibility index (Phi) is 5.43. The third kappa shape index (κ3) is 3.78. The molecule has 0 spiro atoms. The van der Waals surface area contributed by atoms with Crippen molar-refractivity contribution in [3.05, 3.63) is 75.8 Å². The number of nitro benzene ring substituents is 1. The predicted molar refractivity (Wildman–Crippen MR) is 93.1 cm³/mol. The molecule has 0 radical (unpaired) electrons. The quantitative estimate of drug-likeness (QED) is 0.438. The number of hydrogen-bond acceptors (Lipinski definition) is 6. The lowest BCUT2D eigenvalue weighted by Crippen LogP contribution is -2.36. The summed E-state index contributed by atoms with van der Waals surface area (Å²) in [6.45, 7) is -0.421. The molecular weight excluding hydrogens is 354 g/mol. The number of rotatable bonds is 6. The van der Waals surface area contributed by atoms with Crippen LogP contribution in [0.3, 0.4) is 0 Å². The smallest absolute Gasteiger partial charge is 0.269 e. The van der Waals surface area contributed by atoms with Crippen LogP contribution in [0.5, 0.6) is 0 Å². The second-order valence-electron chi connectivity index (χ2n) is 5.78. The molecule has 3 rings (SSSR count). The molecule has 1 aliphatic heterocycles. The summed E-state index contributed by atoms with van der Waals surface area (Å²) in [5.74, 6) is -0.836. The first-order chi connectivity index (χ1) is 13.0. The summed E-state index contributed by atoms with van der Waals surface area (Å²) in [7, 11) is 1.40. The molecule has 1 saturated heterocycles. The number of non-ortho nitro benzene ring substituents is 1. The lowest BCUT2D eigenvalue weighted by molar-refractivity contribution is -0.385. The first-order valence-corrected chi connectivity index (χ1v) is 8.07. The van der Waals surface area contributed by atoms with Gasteiger partial charge in [-0.25, -0.2) is 4.84 Å². The summed E-state index contributed by atoms with van der Waals surface area (Å²) in [4.78, 5) is 42.6. The van der Waals surface area contributed by atoms with Crippen molar-refractivity contribution in [3.63, 3.8) is 0 Å². The minimum absolute atomic E-state index is 0.148. The number of hydroxylamine groups is 2. The van der Waals surface area contributed by atoms with Crippen LogP contribution in [0.25, 0.3) is 0 Å². The number of amides is 2. The van der Waals surface area contributed by atoms with Gasteiger partial charge in [0.1, 0.15) is 6.54 Å². The van der Waals surface area contributed by atoms with Crippen LogP contribution in [0.1, 0.15) is 22.1 Å². The number of nitrogens with zero attached hydrogens (tertiary/aromatic N) is 3. The van der Waals surface area contributed by atoms with Crippen molar-refractivity contribution in [2.45, 2.75) is 6.17 Å². The zero-order chi connectivity index (χ0) is 19.4. The molecule has 9 heteroatoms. The van der Waals surface area contributed by atoms with Gasteiger partial charge in [0.2, 0.25) is 0 Å². The highest BCUT2D eigenvalue weighted by Crippen LogP contribution is 2.33. The average Bonchev–Trinajstić information content (AvgIpc) is 3.02. The number of hydrogen-bond donors (Lipinski definition) is 0. The zero-order valence-electron chi connectivity index (χ0n) is 14.5. The van der Waals surface area contributed by atoms with Gasteiger partial charge in [0.15, 0.2) is 13.0 Å². The van der Waals surface area contributed by atoms with Crippen molar-refractivity contribution in [3.8, 4) is 0 Å². The van der Waals surface area contributed by atoms with Gasteiger partial charge >= 0.3 is 0 Å². The van der Waals surface area contributed by atoms with E-state index in [-0.39, 0.29) is 24.9 Å². The second kappa shape index (κ2) is 7.94. The maximum atomic E-state index is 12.9. The Morgan fingerprint density at radius 2 is 1.96 bits per heavy atom. The van der Waals surface area contributed by atoms with Crippen molar-refractivity contribution in [2.75, 3.05) is 20.4 Å². The van der Waals surface area contributed by atoms with Gasteiger partial charge in [-0.3, -0.25) is 19.7 Å². The van der Waals surface area contributed by atoms with Gasteiger partial charge in [0, 0.05) is 30.4 Å². The molecule has 0 bridgehead atoms. The third-order valence-corrected chi connectivity index (χ3v) is 4.04. The lowest BCUT2D eigenvalue weighted by atomic mass is 10.1. The summed E-state index contributed by atoms with van der Waals surface area (Å²) in [5, 5.41) is 12.1. The maximum Gasteiger partial charge on any atom is 0.269 e. The van der Waals surface area contributed by atoms with Crippen molar-refractivity contribution in [1.82, 2.24) is 9.96 Å². The molecule has 27 heavy (non-hydrogen) atoms. The molecule has 1 fully saturated rings. The summed E-state index contributed by atoms with van der Waals surface area (Å²) in [6, 6.07) is 14.2. The first kappa shape index (κ1) is 18.5. The topological polar surface area (TPSA) is 102 Å². The molecule has 1 aliphatic rings. The van der Waals surface area contributed by atoms with E-state index in [4.69, 9.17) is 9.57 Å². The zero-order valence-corrected chi connectivity index (χ0v) is 14.5. The van der Waals surface area contributed by atoms with Gasteiger partial charge in [-0.05, 0) is 12.1 Å². The minimum atomic E-state index is -0.944. The van der Waals surface area contributed by atoms with Crippen LogP contribution in [0.2, 0.25) is 0 Å². The normalized spacial score (nSPS) is 16.6. The number of ether oxygens (including phenoxy) is 1. The second-order valence-corrected chi connectivity index (χ2v) is 5.78. The molecule has 140 valence electrons. The summed E-state index contributed by atoms with van der Waals surface area (Å²) < 4.78 is 4.85. The fraction of sp³-hybridized carbons (Fsp3) is 0.222. The van der Waals surface area contributed by atoms with E-state index >= 15 is 0 Å². The van der Waals surface area contributed by atoms with Gasteiger partial charge in [-0.2, -0.15) is 5.06 Å². The number of benzene rings is 2. The highest BCUT2D eigenvalue weighted by atomic mass is 16.8. The monoisotopic (exact) mass is 371 g/mol. The van der Waals surface area contributed by atoms with Crippen LogP contribution < -0.4 is 0 Å². The van der Waals surface area contributed by atoms with E-state index in [0.29, 0.717) is 11.1 Å². The van der Waals surface area contributed by atoms with Gasteiger partial charge < -0.3 is 9.64 Å². The Balaban J connectivity index is 2.01. The van der Waals surface area contributed by atoms with Crippen LogP contribution in [-0.2, 0) is 14.4 Å². The highest BCUT2D eigenvalue weighted by molar-refractivity contribution is 5.98. The van der Waals surface area contributed by atoms with Crippen LogP contribution in [-0.4, -0.2) is 47.1 Å². The van der Waals surface area contributed by atoms with Gasteiger partial charge in [-0.15, -0.1) is 0 Å². The van der Waals surface area contributed by atoms with E-state index in [1.165, 1.54) is 30.2 Å². The fourth-order valence-electron chi connectivity index (χ4n) is 2.86. The molecule has 0 saturated carbocycles. The number of nitro groups is 1. The third-order valence-electron chi connectivity index (χ3n) is 4.04. The highest BCUT2D eigenvalue weighted by Gasteiger charge is 2.43. The molecular formula is C18H17N3O6. The van der Waals surface area contributed by atoms with Crippen LogP contribution in [0, 0.1) is 10.1 Å². The molecule has 1 heterocycles. The Hall–Kier alpha value is -3.30. The molecule has 0 aliphatic carbocycles. The predicted octanol–water partition coefficient (Wildman–Crippen LogP) is 2.11. The Labute approximate surface area is 154 Å². The molecule has 0 unspecified atom stereocenters. The molecule has 0 N–H and O–H groups in total. The van der Waals surface area contributed by atoms with E-state index in [2.05, 4.69) is 0 Å². The summed E-state index contributed by atoms with van der Waals surface area (Å²) in [6.07, 6.45) is -0.944. The van der Waals surface area contributed by atoms with Crippen molar-refractivity contribution < 1.29 is 24.1 Å². The Bertz CT molecular complexity index is 857. The number of carbonyl (C=O) groups excluding carboxylic acids is 2. The van der Waals surface area contributed by atoms with Crippen LogP contribution >= 0.6 is 0 Å². The maximum absolute atomic E-state index is 12.9. The van der Waals surface area contributed by atoms with Crippen molar-refractivity contribution in [2.24, 2.45) is 0 Å². The van der Waals surface area contributed by atoms with Crippen LogP contribution in [0.4, 0.5) is 5.69 Å². The molecule has 1 atom stereocenters. The number of carbonyl (C=O) groups is 2. The fourth-order valence-corrected chi connectivity index (χ4v) is 2.86. The first-order valence-electron chi connectivity index (χ1n) is 8.07. The molecule has 2 aromatic carbocycles. The number of methoxy groups -OCH3 is 1. The van der Waals surface area contributed by atoms with Gasteiger partial charge in [0.05, 0.1) is 4.92 Å². The Morgan fingerprint density at radius 3 is 2.63 bits per heavy atom. The Morgan fingerprint density at radius 1 is 1.22 bits per heavy atom. The van der Waals surface area contributed by atoms with Gasteiger partial charge in [-0.1, -0.05) is 30.3 Å². The standard InChI is InChI=1S/C18H17N3O6/c1-26-12-27-20-16(22)11-19(18(23)13-6-3-2-4-7-13)17(20)14-8-5-9-15(10-14)21(24)25/h2-10,17H,11-12H2,1H3/t17-/m1/s1. The van der Waals surface area contributed by atoms with Gasteiger partial charge in [0.25, 0.3) is 17.5 Å². The van der Waals surface area contributed by atoms with E-state index < -0.39 is 17.0 Å². The van der Waals surface area contributed by atoms with Crippen LogP contribution in [0.15, 0.2) is 54.6 Å². The van der Waals surface area contributed by atoms with E-state index in [0.717, 1.165) is 5.06 Å². The summed E-state index contributed by atoms with van der Waals surface area (Å²) >= 11 is 0. The SMILES string of the molecule is COCON1C(=O)CN(C(=O)c2ccccc2)[C@H]1c1cccc([N+](=O)[O-])c1. The largest absolute Gasteiger partial charge is 0.356 e. The average molecular weight is 371 g/mol. The van der Waals surface area contributed by atoms with Crippen molar-refractivity contribution in [1.29, 1.82) is 0 Å².